The van der Waals surface area contributed by atoms with Gasteiger partial charge in [-0.05, 0) is 25.5 Å². The number of nitrogens with zero attached hydrogens (tertiary/aromatic N) is 1. The van der Waals surface area contributed by atoms with Gasteiger partial charge < -0.3 is 15.0 Å². The molecular formula is C14H21ClN2O2. The van der Waals surface area contributed by atoms with E-state index in [1.165, 1.54) is 0 Å². The molecule has 1 atom stereocenters. The largest absolute Gasteiger partial charge is 0.445 e. The van der Waals surface area contributed by atoms with Gasteiger partial charge in [-0.15, -0.1) is 12.4 Å². The molecule has 1 heterocycles. The van der Waals surface area contributed by atoms with E-state index in [0.29, 0.717) is 6.61 Å². The van der Waals surface area contributed by atoms with Crippen LogP contribution < -0.4 is 5.32 Å². The second-order valence-corrected chi connectivity index (χ2v) is 4.62. The molecule has 1 N–H and O–H groups in total. The molecule has 0 aromatic heterocycles. The van der Waals surface area contributed by atoms with Crippen LogP contribution in [0.3, 0.4) is 0 Å². The van der Waals surface area contributed by atoms with E-state index in [9.17, 15) is 4.79 Å². The van der Waals surface area contributed by atoms with E-state index in [4.69, 9.17) is 4.74 Å². The molecule has 1 aromatic rings. The third-order valence-corrected chi connectivity index (χ3v) is 3.24. The Balaban J connectivity index is 0.00000180. The Kier molecular flexibility index (Phi) is 6.67. The summed E-state index contributed by atoms with van der Waals surface area (Å²) in [6.45, 7) is 4.93. The first-order valence-corrected chi connectivity index (χ1v) is 6.45. The zero-order valence-corrected chi connectivity index (χ0v) is 12.0. The monoisotopic (exact) mass is 284 g/mol. The number of nitrogens with one attached hydrogen (secondary N) is 1. The number of hydrogen-bond donors (Lipinski definition) is 1. The van der Waals surface area contributed by atoms with Crippen LogP contribution in [0.4, 0.5) is 4.79 Å². The van der Waals surface area contributed by atoms with Gasteiger partial charge in [0.05, 0.1) is 0 Å². The minimum atomic E-state index is -0.213. The zero-order chi connectivity index (χ0) is 12.8. The molecule has 0 aliphatic carbocycles. The van der Waals surface area contributed by atoms with Crippen molar-refractivity contribution in [3.8, 4) is 0 Å². The summed E-state index contributed by atoms with van der Waals surface area (Å²) >= 11 is 0. The molecule has 0 radical (unpaired) electrons. The SMILES string of the molecule is CC1CCNCCN1C(=O)OCc1ccccc1.Cl. The summed E-state index contributed by atoms with van der Waals surface area (Å²) in [5.74, 6) is 0. The fraction of sp³-hybridized carbons (Fsp3) is 0.500. The second-order valence-electron chi connectivity index (χ2n) is 4.62. The van der Waals surface area contributed by atoms with E-state index in [2.05, 4.69) is 12.2 Å². The molecule has 2 rings (SSSR count). The fourth-order valence-electron chi connectivity index (χ4n) is 2.09. The predicted molar refractivity (Wildman–Crippen MR) is 77.5 cm³/mol. The van der Waals surface area contributed by atoms with Gasteiger partial charge in [0.25, 0.3) is 0 Å². The molecule has 1 unspecified atom stereocenters. The van der Waals surface area contributed by atoms with Gasteiger partial charge in [-0.1, -0.05) is 30.3 Å². The first-order chi connectivity index (χ1) is 8.77. The van der Waals surface area contributed by atoms with Gasteiger partial charge in [0.2, 0.25) is 0 Å². The lowest BCUT2D eigenvalue weighted by Gasteiger charge is -2.25. The lowest BCUT2D eigenvalue weighted by atomic mass is 10.2. The Hall–Kier alpha value is -1.26. The topological polar surface area (TPSA) is 41.6 Å². The summed E-state index contributed by atoms with van der Waals surface area (Å²) in [6, 6.07) is 10.0. The van der Waals surface area contributed by atoms with Gasteiger partial charge in [0.15, 0.2) is 0 Å². The van der Waals surface area contributed by atoms with Crippen molar-refractivity contribution < 1.29 is 9.53 Å². The van der Waals surface area contributed by atoms with Crippen LogP contribution in [-0.4, -0.2) is 36.7 Å². The third kappa shape index (κ3) is 4.73. The molecule has 1 saturated heterocycles. The van der Waals surface area contributed by atoms with Crippen LogP contribution in [0.15, 0.2) is 30.3 Å². The molecule has 19 heavy (non-hydrogen) atoms. The number of hydrogen-bond acceptors (Lipinski definition) is 3. The van der Waals surface area contributed by atoms with E-state index < -0.39 is 0 Å². The van der Waals surface area contributed by atoms with Crippen LogP contribution in [-0.2, 0) is 11.3 Å². The fourth-order valence-corrected chi connectivity index (χ4v) is 2.09. The van der Waals surface area contributed by atoms with Gasteiger partial charge in [0, 0.05) is 19.1 Å². The molecule has 1 aliphatic heterocycles. The van der Waals surface area contributed by atoms with E-state index in [1.807, 2.05) is 35.2 Å². The van der Waals surface area contributed by atoms with Crippen molar-refractivity contribution >= 4 is 18.5 Å². The normalized spacial score (nSPS) is 19.2. The summed E-state index contributed by atoms with van der Waals surface area (Å²) in [4.78, 5) is 13.8. The number of amides is 1. The highest BCUT2D eigenvalue weighted by atomic mass is 35.5. The van der Waals surface area contributed by atoms with Gasteiger partial charge in [-0.2, -0.15) is 0 Å². The molecule has 0 spiro atoms. The maximum atomic E-state index is 12.0. The molecule has 4 nitrogen and oxygen atoms in total. The maximum absolute atomic E-state index is 12.0. The summed E-state index contributed by atoms with van der Waals surface area (Å²) in [6.07, 6.45) is 0.760. The minimum absolute atomic E-state index is 0. The van der Waals surface area contributed by atoms with Crippen LogP contribution in [0.1, 0.15) is 18.9 Å². The lowest BCUT2D eigenvalue weighted by Crippen LogP contribution is -2.39. The first kappa shape index (κ1) is 15.8. The van der Waals surface area contributed by atoms with Crippen molar-refractivity contribution in [3.05, 3.63) is 35.9 Å². The minimum Gasteiger partial charge on any atom is -0.445 e. The van der Waals surface area contributed by atoms with E-state index in [-0.39, 0.29) is 24.5 Å². The molecule has 1 fully saturated rings. The van der Waals surface area contributed by atoms with E-state index in [0.717, 1.165) is 31.6 Å². The Bertz CT molecular complexity index is 386. The van der Waals surface area contributed by atoms with Crippen LogP contribution in [0, 0.1) is 0 Å². The molecule has 5 heteroatoms. The maximum Gasteiger partial charge on any atom is 0.410 e. The predicted octanol–water partition coefficient (Wildman–Crippen LogP) is 2.43. The Morgan fingerprint density at radius 3 is 2.84 bits per heavy atom. The van der Waals surface area contributed by atoms with Crippen molar-refractivity contribution in [2.24, 2.45) is 0 Å². The summed E-state index contributed by atoms with van der Waals surface area (Å²) in [5, 5.41) is 3.29. The van der Waals surface area contributed by atoms with Crippen molar-refractivity contribution in [3.63, 3.8) is 0 Å². The highest BCUT2D eigenvalue weighted by molar-refractivity contribution is 5.85. The number of rotatable bonds is 2. The van der Waals surface area contributed by atoms with Crippen LogP contribution >= 0.6 is 12.4 Å². The van der Waals surface area contributed by atoms with Gasteiger partial charge in [-0.25, -0.2) is 4.79 Å². The number of carbonyl (C=O) groups is 1. The van der Waals surface area contributed by atoms with E-state index in [1.54, 1.807) is 0 Å². The third-order valence-electron chi connectivity index (χ3n) is 3.24. The van der Waals surface area contributed by atoms with Crippen LogP contribution in [0.5, 0.6) is 0 Å². The second kappa shape index (κ2) is 8.02. The molecule has 1 amide bonds. The molecule has 1 aliphatic rings. The molecule has 0 saturated carbocycles. The number of benzene rings is 1. The number of ether oxygens (including phenoxy) is 1. The Morgan fingerprint density at radius 1 is 1.37 bits per heavy atom. The van der Waals surface area contributed by atoms with Crippen LogP contribution in [0.25, 0.3) is 0 Å². The zero-order valence-electron chi connectivity index (χ0n) is 11.2. The van der Waals surface area contributed by atoms with Crippen molar-refractivity contribution in [1.82, 2.24) is 10.2 Å². The summed E-state index contributed by atoms with van der Waals surface area (Å²) in [7, 11) is 0. The van der Waals surface area contributed by atoms with Crippen molar-refractivity contribution in [1.29, 1.82) is 0 Å². The Morgan fingerprint density at radius 2 is 2.11 bits per heavy atom. The quantitative estimate of drug-likeness (QED) is 0.907. The molecule has 106 valence electrons. The standard InChI is InChI=1S/C14H20N2O2.ClH/c1-12-7-8-15-9-10-16(12)14(17)18-11-13-5-3-2-4-6-13;/h2-6,12,15H,7-11H2,1H3;1H. The Labute approximate surface area is 120 Å². The first-order valence-electron chi connectivity index (χ1n) is 6.45. The average molecular weight is 285 g/mol. The molecular weight excluding hydrogens is 264 g/mol. The van der Waals surface area contributed by atoms with Gasteiger partial charge >= 0.3 is 6.09 Å². The van der Waals surface area contributed by atoms with Gasteiger partial charge in [0.1, 0.15) is 6.61 Å². The number of carbonyl (C=O) groups excluding carboxylic acids is 1. The average Bonchev–Trinajstić information content (AvgIpc) is 2.62. The highest BCUT2D eigenvalue weighted by Crippen LogP contribution is 2.09. The smallest absolute Gasteiger partial charge is 0.410 e. The van der Waals surface area contributed by atoms with Crippen molar-refractivity contribution in [2.45, 2.75) is 26.0 Å². The summed E-state index contributed by atoms with van der Waals surface area (Å²) in [5.41, 5.74) is 1.02. The van der Waals surface area contributed by atoms with Crippen molar-refractivity contribution in [2.75, 3.05) is 19.6 Å². The van der Waals surface area contributed by atoms with Crippen LogP contribution in [0.2, 0.25) is 0 Å². The van der Waals surface area contributed by atoms with Gasteiger partial charge in [-0.3, -0.25) is 0 Å². The van der Waals surface area contributed by atoms with E-state index >= 15 is 0 Å². The summed E-state index contributed by atoms with van der Waals surface area (Å²) < 4.78 is 5.35. The molecule has 1 aromatic carbocycles. The number of halogens is 1. The lowest BCUT2D eigenvalue weighted by molar-refractivity contribution is 0.0856. The highest BCUT2D eigenvalue weighted by Gasteiger charge is 2.22. The molecule has 0 bridgehead atoms.